The van der Waals surface area contributed by atoms with Crippen molar-refractivity contribution in [2.75, 3.05) is 7.05 Å². The fraction of sp³-hybridized carbons (Fsp3) is 0.125. The summed E-state index contributed by atoms with van der Waals surface area (Å²) in [7, 11) is 1.73. The third-order valence-corrected chi connectivity index (χ3v) is 4.57. The van der Waals surface area contributed by atoms with Crippen molar-refractivity contribution in [2.45, 2.75) is 6.61 Å². The second-order valence-electron chi connectivity index (χ2n) is 4.64. The molecule has 0 aromatic heterocycles. The van der Waals surface area contributed by atoms with Gasteiger partial charge in [0.25, 0.3) is 0 Å². The Morgan fingerprint density at radius 2 is 1.88 bits per heavy atom. The average molecular weight is 404 g/mol. The van der Waals surface area contributed by atoms with E-state index in [-0.39, 0.29) is 6.61 Å². The first-order chi connectivity index (χ1) is 11.5. The SMILES string of the molecule is CNC(=S)N[NH+]=Cc1ccccc1OCc1c(Cl)ccc(Cl)c1Cl. The second-order valence-corrected chi connectivity index (χ2v) is 6.24. The van der Waals surface area contributed by atoms with Crippen LogP contribution in [0.2, 0.25) is 15.1 Å². The van der Waals surface area contributed by atoms with Crippen LogP contribution in [0.3, 0.4) is 0 Å². The highest BCUT2D eigenvalue weighted by molar-refractivity contribution is 7.80. The number of hydrogen-bond donors (Lipinski definition) is 3. The molecule has 0 spiro atoms. The van der Waals surface area contributed by atoms with Crippen molar-refractivity contribution in [2.24, 2.45) is 0 Å². The minimum Gasteiger partial charge on any atom is -0.488 e. The Morgan fingerprint density at radius 3 is 2.62 bits per heavy atom. The van der Waals surface area contributed by atoms with E-state index in [4.69, 9.17) is 51.8 Å². The molecule has 0 aliphatic heterocycles. The summed E-state index contributed by atoms with van der Waals surface area (Å²) in [6, 6.07) is 10.9. The first-order valence-corrected chi connectivity index (χ1v) is 8.47. The number of ether oxygens (including phenoxy) is 1. The normalized spacial score (nSPS) is 10.7. The van der Waals surface area contributed by atoms with Crippen molar-refractivity contribution in [3.05, 3.63) is 62.6 Å². The number of para-hydroxylation sites is 1. The standard InChI is InChI=1S/C16H14Cl3N3OS/c1-20-16(24)22-21-8-10-4-2-3-5-14(10)23-9-11-12(17)6-7-13(18)15(11)19/h2-8H,9H2,1H3,(H2,20,22,24)/p+1. The molecule has 0 saturated carbocycles. The Labute approximate surface area is 160 Å². The van der Waals surface area contributed by atoms with Crippen LogP contribution in [0.15, 0.2) is 36.4 Å². The van der Waals surface area contributed by atoms with Crippen LogP contribution in [0, 0.1) is 0 Å². The zero-order valence-electron chi connectivity index (χ0n) is 12.7. The molecule has 0 fully saturated rings. The molecule has 0 atom stereocenters. The van der Waals surface area contributed by atoms with Gasteiger partial charge in [-0.15, -0.1) is 10.5 Å². The lowest BCUT2D eigenvalue weighted by Crippen LogP contribution is -2.82. The highest BCUT2D eigenvalue weighted by Crippen LogP contribution is 2.32. The molecular weight excluding hydrogens is 389 g/mol. The van der Waals surface area contributed by atoms with Gasteiger partial charge in [-0.3, -0.25) is 0 Å². The number of benzene rings is 2. The van der Waals surface area contributed by atoms with E-state index in [0.717, 1.165) is 5.56 Å². The molecular formula is C16H15Cl3N3OS+. The summed E-state index contributed by atoms with van der Waals surface area (Å²) >= 11 is 23.4. The minimum atomic E-state index is 0.200. The van der Waals surface area contributed by atoms with Gasteiger partial charge in [0.05, 0.1) is 15.6 Å². The molecule has 3 N–H and O–H groups in total. The molecule has 24 heavy (non-hydrogen) atoms. The van der Waals surface area contributed by atoms with Gasteiger partial charge < -0.3 is 10.1 Å². The van der Waals surface area contributed by atoms with Crippen LogP contribution >= 0.6 is 47.0 Å². The van der Waals surface area contributed by atoms with Crippen LogP contribution in [0.25, 0.3) is 0 Å². The lowest BCUT2D eigenvalue weighted by molar-refractivity contribution is -0.500. The molecule has 126 valence electrons. The number of nitrogens with one attached hydrogen (secondary N) is 3. The summed E-state index contributed by atoms with van der Waals surface area (Å²) in [5.74, 6) is 0.661. The topological polar surface area (TPSA) is 47.3 Å². The van der Waals surface area contributed by atoms with E-state index in [0.29, 0.717) is 31.5 Å². The van der Waals surface area contributed by atoms with E-state index in [1.165, 1.54) is 0 Å². The fourth-order valence-corrected chi connectivity index (χ4v) is 2.54. The summed E-state index contributed by atoms with van der Waals surface area (Å²) in [6.07, 6.45) is 1.74. The van der Waals surface area contributed by atoms with E-state index in [1.54, 1.807) is 25.4 Å². The summed E-state index contributed by atoms with van der Waals surface area (Å²) < 4.78 is 5.85. The molecule has 0 unspecified atom stereocenters. The molecule has 2 aromatic carbocycles. The predicted octanol–water partition coefficient (Wildman–Crippen LogP) is 2.73. The van der Waals surface area contributed by atoms with Crippen LogP contribution in [0.4, 0.5) is 0 Å². The third-order valence-electron chi connectivity index (χ3n) is 3.07. The van der Waals surface area contributed by atoms with Gasteiger partial charge in [-0.25, -0.2) is 0 Å². The summed E-state index contributed by atoms with van der Waals surface area (Å²) in [6.45, 7) is 0.200. The van der Waals surface area contributed by atoms with Crippen LogP contribution in [-0.2, 0) is 6.61 Å². The van der Waals surface area contributed by atoms with Crippen molar-refractivity contribution in [3.8, 4) is 5.75 Å². The molecule has 0 aliphatic carbocycles. The number of thiocarbonyl (C=S) groups is 1. The van der Waals surface area contributed by atoms with Gasteiger partial charge in [0.2, 0.25) is 11.3 Å². The predicted molar refractivity (Wildman–Crippen MR) is 103 cm³/mol. The number of hydrogen-bond acceptors (Lipinski definition) is 2. The van der Waals surface area contributed by atoms with Crippen molar-refractivity contribution >= 4 is 58.3 Å². The molecule has 0 bridgehead atoms. The maximum atomic E-state index is 6.19. The van der Waals surface area contributed by atoms with E-state index in [1.807, 2.05) is 24.3 Å². The Kier molecular flexibility index (Phi) is 7.12. The van der Waals surface area contributed by atoms with E-state index in [2.05, 4.69) is 15.8 Å². The zero-order chi connectivity index (χ0) is 17.5. The lowest BCUT2D eigenvalue weighted by atomic mass is 10.2. The maximum absolute atomic E-state index is 6.19. The Hall–Kier alpha value is -1.53. The highest BCUT2D eigenvalue weighted by atomic mass is 35.5. The van der Waals surface area contributed by atoms with Crippen molar-refractivity contribution in [1.82, 2.24) is 10.7 Å². The Morgan fingerprint density at radius 1 is 1.17 bits per heavy atom. The van der Waals surface area contributed by atoms with E-state index in [9.17, 15) is 0 Å². The molecule has 2 rings (SSSR count). The smallest absolute Gasteiger partial charge is 0.223 e. The quantitative estimate of drug-likeness (QED) is 0.311. The molecule has 0 radical (unpaired) electrons. The fourth-order valence-electron chi connectivity index (χ4n) is 1.82. The van der Waals surface area contributed by atoms with Gasteiger partial charge >= 0.3 is 0 Å². The van der Waals surface area contributed by atoms with E-state index >= 15 is 0 Å². The average Bonchev–Trinajstić information content (AvgIpc) is 2.59. The molecule has 0 heterocycles. The molecule has 2 aromatic rings. The zero-order valence-corrected chi connectivity index (χ0v) is 15.8. The molecule has 8 heteroatoms. The molecule has 0 amide bonds. The van der Waals surface area contributed by atoms with E-state index < -0.39 is 0 Å². The molecule has 0 saturated heterocycles. The Balaban J connectivity index is 2.14. The minimum absolute atomic E-state index is 0.200. The third kappa shape index (κ3) is 4.98. The van der Waals surface area contributed by atoms with Crippen molar-refractivity contribution in [3.63, 3.8) is 0 Å². The van der Waals surface area contributed by atoms with Gasteiger partial charge in [0, 0.05) is 17.6 Å². The van der Waals surface area contributed by atoms with Crippen molar-refractivity contribution in [1.29, 1.82) is 0 Å². The van der Waals surface area contributed by atoms with Gasteiger partial charge in [-0.1, -0.05) is 46.9 Å². The Bertz CT molecular complexity index is 768. The van der Waals surface area contributed by atoms with Crippen LogP contribution in [0.5, 0.6) is 5.75 Å². The maximum Gasteiger partial charge on any atom is 0.223 e. The van der Waals surface area contributed by atoms with Crippen LogP contribution < -0.4 is 20.6 Å². The summed E-state index contributed by atoms with van der Waals surface area (Å²) in [5.41, 5.74) is 4.28. The number of hydrazine groups is 1. The number of rotatable bonds is 5. The molecule has 4 nitrogen and oxygen atoms in total. The van der Waals surface area contributed by atoms with Gasteiger partial charge in [0.1, 0.15) is 12.4 Å². The monoisotopic (exact) mass is 402 g/mol. The number of halogens is 3. The van der Waals surface area contributed by atoms with Gasteiger partial charge in [0.15, 0.2) is 0 Å². The van der Waals surface area contributed by atoms with Crippen molar-refractivity contribution < 1.29 is 9.84 Å². The first kappa shape index (κ1) is 18.8. The van der Waals surface area contributed by atoms with Crippen LogP contribution in [0.1, 0.15) is 11.1 Å². The first-order valence-electron chi connectivity index (χ1n) is 6.93. The lowest BCUT2D eigenvalue weighted by Gasteiger charge is -2.11. The summed E-state index contributed by atoms with van der Waals surface area (Å²) in [5, 5.41) is 7.49. The van der Waals surface area contributed by atoms with Crippen LogP contribution in [-0.4, -0.2) is 18.4 Å². The largest absolute Gasteiger partial charge is 0.488 e. The van der Waals surface area contributed by atoms with Gasteiger partial charge in [-0.2, -0.15) is 0 Å². The molecule has 0 aliphatic rings. The number of hydrazone groups is 1. The van der Waals surface area contributed by atoms with Gasteiger partial charge in [-0.05, 0) is 36.5 Å². The highest BCUT2D eigenvalue weighted by Gasteiger charge is 2.12. The second kappa shape index (κ2) is 9.08. The summed E-state index contributed by atoms with van der Waals surface area (Å²) in [4.78, 5) is 0.